The van der Waals surface area contributed by atoms with Crippen LogP contribution < -0.4 is 5.32 Å². The fourth-order valence-corrected chi connectivity index (χ4v) is 4.22. The van der Waals surface area contributed by atoms with E-state index < -0.39 is 0 Å². The summed E-state index contributed by atoms with van der Waals surface area (Å²) in [6, 6.07) is 11.5. The predicted molar refractivity (Wildman–Crippen MR) is 121 cm³/mol. The van der Waals surface area contributed by atoms with Gasteiger partial charge in [0.15, 0.2) is 5.65 Å². The first-order valence-electron chi connectivity index (χ1n) is 9.81. The van der Waals surface area contributed by atoms with Gasteiger partial charge < -0.3 is 9.88 Å². The maximum Gasteiger partial charge on any atom is 0.239 e. The van der Waals surface area contributed by atoms with Gasteiger partial charge in [0.25, 0.3) is 0 Å². The molecule has 1 aromatic carbocycles. The molecule has 0 spiro atoms. The summed E-state index contributed by atoms with van der Waals surface area (Å²) in [5.41, 5.74) is 2.67. The number of benzene rings is 1. The van der Waals surface area contributed by atoms with E-state index in [4.69, 9.17) is 16.6 Å². The molecule has 0 aliphatic heterocycles. The standard InChI is InChI=1S/C21H21ClN6OS/c1-3-11-28-15-8-6-5-7-14(15)18-19(28)25-21(27-26-18)30-16(4-2)20(29)24-17-10-9-13(22)12-23-17/h5-10,12,16H,3-4,11H2,1-2H3,(H,23,24,29)/t16-/m1/s1. The first-order valence-corrected chi connectivity index (χ1v) is 11.1. The molecule has 7 nitrogen and oxygen atoms in total. The summed E-state index contributed by atoms with van der Waals surface area (Å²) in [7, 11) is 0. The molecule has 0 aliphatic rings. The molecular formula is C21H21ClN6OS. The molecule has 0 saturated carbocycles. The zero-order valence-corrected chi connectivity index (χ0v) is 18.2. The number of anilines is 1. The quantitative estimate of drug-likeness (QED) is 0.409. The fourth-order valence-electron chi connectivity index (χ4n) is 3.30. The number of aromatic nitrogens is 5. The van der Waals surface area contributed by atoms with Crippen molar-refractivity contribution in [3.8, 4) is 0 Å². The number of pyridine rings is 1. The lowest BCUT2D eigenvalue weighted by Gasteiger charge is -2.13. The Hall–Kier alpha value is -2.71. The molecule has 0 bridgehead atoms. The molecule has 1 amide bonds. The molecule has 30 heavy (non-hydrogen) atoms. The monoisotopic (exact) mass is 440 g/mol. The van der Waals surface area contributed by atoms with Gasteiger partial charge in [-0.15, -0.1) is 10.2 Å². The fraction of sp³-hybridized carbons (Fsp3) is 0.286. The van der Waals surface area contributed by atoms with Gasteiger partial charge in [-0.1, -0.05) is 55.4 Å². The lowest BCUT2D eigenvalue weighted by atomic mass is 10.2. The second-order valence-electron chi connectivity index (χ2n) is 6.80. The summed E-state index contributed by atoms with van der Waals surface area (Å²) in [4.78, 5) is 21.6. The van der Waals surface area contributed by atoms with Gasteiger partial charge in [-0.25, -0.2) is 9.97 Å². The van der Waals surface area contributed by atoms with Gasteiger partial charge in [0.05, 0.1) is 15.8 Å². The van der Waals surface area contributed by atoms with Crippen LogP contribution >= 0.6 is 23.4 Å². The summed E-state index contributed by atoms with van der Waals surface area (Å²) < 4.78 is 2.17. The number of nitrogens with zero attached hydrogens (tertiary/aromatic N) is 5. The highest BCUT2D eigenvalue weighted by Gasteiger charge is 2.22. The average Bonchev–Trinajstić information content (AvgIpc) is 3.07. The van der Waals surface area contributed by atoms with Crippen LogP contribution in [-0.2, 0) is 11.3 Å². The summed E-state index contributed by atoms with van der Waals surface area (Å²) in [6.45, 7) is 4.92. The minimum atomic E-state index is -0.370. The molecule has 0 fully saturated rings. The number of carbonyl (C=O) groups is 1. The third-order valence-corrected chi connectivity index (χ3v) is 6.13. The summed E-state index contributed by atoms with van der Waals surface area (Å²) in [5, 5.41) is 13.2. The number of rotatable bonds is 7. The molecule has 4 aromatic rings. The number of nitrogens with one attached hydrogen (secondary N) is 1. The van der Waals surface area contributed by atoms with Crippen molar-refractivity contribution in [1.82, 2.24) is 24.7 Å². The molecule has 154 valence electrons. The topological polar surface area (TPSA) is 85.6 Å². The highest BCUT2D eigenvalue weighted by Crippen LogP contribution is 2.29. The molecule has 0 saturated heterocycles. The normalized spacial score (nSPS) is 12.4. The Bertz CT molecular complexity index is 1190. The third-order valence-electron chi connectivity index (χ3n) is 4.69. The predicted octanol–water partition coefficient (Wildman–Crippen LogP) is 4.95. The van der Waals surface area contributed by atoms with E-state index >= 15 is 0 Å². The van der Waals surface area contributed by atoms with E-state index in [1.54, 1.807) is 12.1 Å². The second-order valence-corrected chi connectivity index (χ2v) is 8.41. The molecule has 0 radical (unpaired) electrons. The number of para-hydroxylation sites is 1. The van der Waals surface area contributed by atoms with E-state index in [0.717, 1.165) is 35.0 Å². The van der Waals surface area contributed by atoms with Crippen molar-refractivity contribution in [2.45, 2.75) is 43.6 Å². The second kappa shape index (κ2) is 8.97. The van der Waals surface area contributed by atoms with Gasteiger partial charge >= 0.3 is 0 Å². The summed E-state index contributed by atoms with van der Waals surface area (Å²) in [6.07, 6.45) is 3.09. The molecule has 9 heteroatoms. The van der Waals surface area contributed by atoms with Gasteiger partial charge in [0.2, 0.25) is 11.1 Å². The zero-order valence-electron chi connectivity index (χ0n) is 16.7. The van der Waals surface area contributed by atoms with Crippen LogP contribution in [0.2, 0.25) is 5.02 Å². The van der Waals surface area contributed by atoms with Gasteiger partial charge in [-0.3, -0.25) is 4.79 Å². The molecule has 1 N–H and O–H groups in total. The van der Waals surface area contributed by atoms with Crippen LogP contribution in [0.5, 0.6) is 0 Å². The molecule has 3 heterocycles. The van der Waals surface area contributed by atoms with Gasteiger partial charge in [-0.2, -0.15) is 0 Å². The smallest absolute Gasteiger partial charge is 0.239 e. The van der Waals surface area contributed by atoms with Crippen molar-refractivity contribution < 1.29 is 4.79 Å². The number of aryl methyl sites for hydroxylation is 1. The number of amides is 1. The molecule has 0 aliphatic carbocycles. The Balaban J connectivity index is 1.61. The van der Waals surface area contributed by atoms with Crippen LogP contribution in [0.25, 0.3) is 22.1 Å². The van der Waals surface area contributed by atoms with Crippen LogP contribution in [0.1, 0.15) is 26.7 Å². The average molecular weight is 441 g/mol. The van der Waals surface area contributed by atoms with Crippen molar-refractivity contribution in [1.29, 1.82) is 0 Å². The van der Waals surface area contributed by atoms with Crippen molar-refractivity contribution in [2.75, 3.05) is 5.32 Å². The minimum Gasteiger partial charge on any atom is -0.324 e. The molecule has 1 atom stereocenters. The molecule has 3 aromatic heterocycles. The van der Waals surface area contributed by atoms with Crippen molar-refractivity contribution >= 4 is 57.2 Å². The van der Waals surface area contributed by atoms with Gasteiger partial charge in [0.1, 0.15) is 11.3 Å². The Morgan fingerprint density at radius 1 is 1.20 bits per heavy atom. The van der Waals surface area contributed by atoms with Crippen LogP contribution in [0, 0.1) is 0 Å². The van der Waals surface area contributed by atoms with E-state index in [1.807, 2.05) is 25.1 Å². The highest BCUT2D eigenvalue weighted by molar-refractivity contribution is 8.00. The molecule has 0 unspecified atom stereocenters. The Morgan fingerprint density at radius 2 is 2.03 bits per heavy atom. The van der Waals surface area contributed by atoms with Crippen LogP contribution in [-0.4, -0.2) is 35.9 Å². The van der Waals surface area contributed by atoms with E-state index in [1.165, 1.54) is 18.0 Å². The zero-order chi connectivity index (χ0) is 21.1. The Kier molecular flexibility index (Phi) is 6.15. The van der Waals surface area contributed by atoms with Crippen molar-refractivity contribution in [3.05, 3.63) is 47.6 Å². The van der Waals surface area contributed by atoms with Crippen molar-refractivity contribution in [2.24, 2.45) is 0 Å². The molecule has 4 rings (SSSR count). The number of fused-ring (bicyclic) bond motifs is 3. The number of halogens is 1. The summed E-state index contributed by atoms with van der Waals surface area (Å²) >= 11 is 7.16. The lowest BCUT2D eigenvalue weighted by molar-refractivity contribution is -0.115. The Morgan fingerprint density at radius 3 is 2.77 bits per heavy atom. The molecular weight excluding hydrogens is 420 g/mol. The van der Waals surface area contributed by atoms with Crippen LogP contribution in [0.3, 0.4) is 0 Å². The maximum atomic E-state index is 12.7. The highest BCUT2D eigenvalue weighted by atomic mass is 35.5. The van der Waals surface area contributed by atoms with E-state index in [2.05, 4.69) is 38.1 Å². The van der Waals surface area contributed by atoms with Crippen molar-refractivity contribution in [3.63, 3.8) is 0 Å². The first kappa shape index (κ1) is 20.6. The summed E-state index contributed by atoms with van der Waals surface area (Å²) in [5.74, 6) is 0.302. The number of hydrogen-bond donors (Lipinski definition) is 1. The maximum absolute atomic E-state index is 12.7. The van der Waals surface area contributed by atoms with E-state index in [9.17, 15) is 4.79 Å². The minimum absolute atomic E-state index is 0.157. The van der Waals surface area contributed by atoms with E-state index in [0.29, 0.717) is 22.4 Å². The van der Waals surface area contributed by atoms with Crippen LogP contribution in [0.4, 0.5) is 5.82 Å². The largest absolute Gasteiger partial charge is 0.324 e. The lowest BCUT2D eigenvalue weighted by Crippen LogP contribution is -2.25. The van der Waals surface area contributed by atoms with E-state index in [-0.39, 0.29) is 11.2 Å². The third kappa shape index (κ3) is 4.11. The number of carbonyl (C=O) groups excluding carboxylic acids is 1. The SMILES string of the molecule is CCCn1c2ccccc2c2nnc(S[C@H](CC)C(=O)Nc3ccc(Cl)cn3)nc21. The number of thioether (sulfide) groups is 1. The Labute approximate surface area is 183 Å². The van der Waals surface area contributed by atoms with Gasteiger partial charge in [0, 0.05) is 18.1 Å². The number of hydrogen-bond acceptors (Lipinski definition) is 6. The van der Waals surface area contributed by atoms with Crippen LogP contribution in [0.15, 0.2) is 47.8 Å². The first-order chi connectivity index (χ1) is 14.6. The van der Waals surface area contributed by atoms with Gasteiger partial charge in [-0.05, 0) is 31.0 Å².